The Labute approximate surface area is 150 Å². The van der Waals surface area contributed by atoms with Crippen LogP contribution in [0.4, 0.5) is 0 Å². The molecule has 26 heavy (non-hydrogen) atoms. The zero-order valence-electron chi connectivity index (χ0n) is 14.2. The molecule has 1 aromatic heterocycles. The van der Waals surface area contributed by atoms with E-state index in [1.807, 2.05) is 18.2 Å². The molecule has 0 radical (unpaired) electrons. The summed E-state index contributed by atoms with van der Waals surface area (Å²) in [6.07, 6.45) is 0.868. The van der Waals surface area contributed by atoms with E-state index in [0.717, 1.165) is 5.39 Å². The molecule has 2 aromatic carbocycles. The number of likely N-dealkylation sites (tertiary alicyclic amines) is 1. The van der Waals surface area contributed by atoms with Gasteiger partial charge < -0.3 is 14.4 Å². The topological polar surface area (TPSA) is 70.8 Å². The molecule has 0 aliphatic carbocycles. The van der Waals surface area contributed by atoms with Crippen molar-refractivity contribution >= 4 is 16.9 Å². The first-order chi connectivity index (χ1) is 12.6. The Bertz CT molecular complexity index is 1020. The summed E-state index contributed by atoms with van der Waals surface area (Å²) in [7, 11) is 0. The average molecular weight is 349 g/mol. The van der Waals surface area contributed by atoms with Crippen LogP contribution in [0.2, 0.25) is 0 Å². The van der Waals surface area contributed by atoms with Gasteiger partial charge in [-0.05, 0) is 42.7 Å². The minimum absolute atomic E-state index is 0.0797. The number of amides is 1. The molecule has 1 aliphatic rings. The van der Waals surface area contributed by atoms with Gasteiger partial charge in [0.1, 0.15) is 5.58 Å². The van der Waals surface area contributed by atoms with Crippen LogP contribution in [0.1, 0.15) is 23.2 Å². The van der Waals surface area contributed by atoms with Gasteiger partial charge in [-0.15, -0.1) is 0 Å². The summed E-state index contributed by atoms with van der Waals surface area (Å²) in [5, 5.41) is 10.4. The van der Waals surface area contributed by atoms with Gasteiger partial charge in [-0.25, -0.2) is 4.79 Å². The molecule has 3 aromatic rings. The van der Waals surface area contributed by atoms with Gasteiger partial charge in [-0.1, -0.05) is 30.3 Å². The first kappa shape index (κ1) is 16.5. The molecule has 2 heterocycles. The summed E-state index contributed by atoms with van der Waals surface area (Å²) in [5.41, 5.74) is 1.75. The summed E-state index contributed by atoms with van der Waals surface area (Å²) < 4.78 is 5.40. The summed E-state index contributed by atoms with van der Waals surface area (Å²) in [4.78, 5) is 26.8. The number of carbonyl (C=O) groups is 1. The van der Waals surface area contributed by atoms with E-state index in [1.165, 1.54) is 0 Å². The molecule has 1 fully saturated rings. The second kappa shape index (κ2) is 6.77. The number of benzene rings is 2. The highest BCUT2D eigenvalue weighted by atomic mass is 16.4. The standard InChI is InChI=1S/C21H19NO4/c23-17-8-10-22(11-9-17)20(24)16-6-3-5-14(12-16)18-13-15-4-1-2-7-19(15)26-21(18)25/h1-7,12-13,17,23H,8-11H2. The minimum atomic E-state index is -0.422. The third kappa shape index (κ3) is 3.13. The Balaban J connectivity index is 1.69. The molecule has 1 saturated heterocycles. The second-order valence-electron chi connectivity index (χ2n) is 6.59. The van der Waals surface area contributed by atoms with Crippen LogP contribution < -0.4 is 5.63 Å². The fourth-order valence-electron chi connectivity index (χ4n) is 3.33. The van der Waals surface area contributed by atoms with E-state index in [9.17, 15) is 14.7 Å². The largest absolute Gasteiger partial charge is 0.422 e. The van der Waals surface area contributed by atoms with Crippen LogP contribution in [-0.2, 0) is 0 Å². The number of hydrogen-bond acceptors (Lipinski definition) is 4. The van der Waals surface area contributed by atoms with Gasteiger partial charge in [0.15, 0.2) is 0 Å². The Morgan fingerprint density at radius 3 is 2.62 bits per heavy atom. The molecule has 4 rings (SSSR count). The van der Waals surface area contributed by atoms with Crippen molar-refractivity contribution in [1.29, 1.82) is 0 Å². The molecule has 0 atom stereocenters. The molecular formula is C21H19NO4. The smallest absolute Gasteiger partial charge is 0.344 e. The van der Waals surface area contributed by atoms with Gasteiger partial charge in [0.25, 0.3) is 5.91 Å². The lowest BCUT2D eigenvalue weighted by atomic mass is 10.0. The molecular weight excluding hydrogens is 330 g/mol. The van der Waals surface area contributed by atoms with E-state index in [-0.39, 0.29) is 12.0 Å². The van der Waals surface area contributed by atoms with Crippen LogP contribution in [0.3, 0.4) is 0 Å². The van der Waals surface area contributed by atoms with Crippen LogP contribution >= 0.6 is 0 Å². The Morgan fingerprint density at radius 2 is 1.81 bits per heavy atom. The van der Waals surface area contributed by atoms with Gasteiger partial charge in [0.2, 0.25) is 0 Å². The zero-order chi connectivity index (χ0) is 18.1. The van der Waals surface area contributed by atoms with E-state index in [1.54, 1.807) is 41.3 Å². The van der Waals surface area contributed by atoms with E-state index >= 15 is 0 Å². The van der Waals surface area contributed by atoms with Crippen molar-refractivity contribution in [2.75, 3.05) is 13.1 Å². The maximum Gasteiger partial charge on any atom is 0.344 e. The second-order valence-corrected chi connectivity index (χ2v) is 6.59. The van der Waals surface area contributed by atoms with Gasteiger partial charge in [-0.2, -0.15) is 0 Å². The maximum absolute atomic E-state index is 12.7. The van der Waals surface area contributed by atoms with Gasteiger partial charge in [-0.3, -0.25) is 4.79 Å². The zero-order valence-corrected chi connectivity index (χ0v) is 14.2. The van der Waals surface area contributed by atoms with Gasteiger partial charge >= 0.3 is 5.63 Å². The lowest BCUT2D eigenvalue weighted by Crippen LogP contribution is -2.40. The Morgan fingerprint density at radius 1 is 1.04 bits per heavy atom. The van der Waals surface area contributed by atoms with Crippen molar-refractivity contribution in [3.8, 4) is 11.1 Å². The van der Waals surface area contributed by atoms with E-state index < -0.39 is 5.63 Å². The molecule has 0 spiro atoms. The Kier molecular flexibility index (Phi) is 4.31. The number of aliphatic hydroxyl groups is 1. The highest BCUT2D eigenvalue weighted by molar-refractivity contribution is 5.95. The lowest BCUT2D eigenvalue weighted by Gasteiger charge is -2.29. The molecule has 0 bridgehead atoms. The van der Waals surface area contributed by atoms with Crippen LogP contribution in [-0.4, -0.2) is 35.1 Å². The average Bonchev–Trinajstić information content (AvgIpc) is 2.67. The number of para-hydroxylation sites is 1. The summed E-state index contributed by atoms with van der Waals surface area (Å²) in [6.45, 7) is 1.09. The van der Waals surface area contributed by atoms with Crippen LogP contribution in [0.15, 0.2) is 63.8 Å². The number of nitrogens with zero attached hydrogens (tertiary/aromatic N) is 1. The SMILES string of the molecule is O=C(c1cccc(-c2cc3ccccc3oc2=O)c1)N1CCC(O)CC1. The number of hydrogen-bond donors (Lipinski definition) is 1. The number of piperidine rings is 1. The summed E-state index contributed by atoms with van der Waals surface area (Å²) in [5.74, 6) is -0.0797. The van der Waals surface area contributed by atoms with E-state index in [4.69, 9.17) is 4.42 Å². The van der Waals surface area contributed by atoms with Crippen LogP contribution in [0.5, 0.6) is 0 Å². The Hall–Kier alpha value is -2.92. The van der Waals surface area contributed by atoms with Crippen molar-refractivity contribution in [3.63, 3.8) is 0 Å². The normalized spacial score (nSPS) is 15.3. The molecule has 132 valence electrons. The first-order valence-corrected chi connectivity index (χ1v) is 8.72. The molecule has 1 amide bonds. The minimum Gasteiger partial charge on any atom is -0.422 e. The predicted octanol–water partition coefficient (Wildman–Crippen LogP) is 3.06. The molecule has 1 N–H and O–H groups in total. The number of carbonyl (C=O) groups excluding carboxylic acids is 1. The quantitative estimate of drug-likeness (QED) is 0.722. The van der Waals surface area contributed by atoms with Gasteiger partial charge in [0, 0.05) is 24.0 Å². The molecule has 5 nitrogen and oxygen atoms in total. The fraction of sp³-hybridized carbons (Fsp3) is 0.238. The lowest BCUT2D eigenvalue weighted by molar-refractivity contribution is 0.0546. The number of fused-ring (bicyclic) bond motifs is 1. The van der Waals surface area contributed by atoms with E-state index in [2.05, 4.69) is 0 Å². The first-order valence-electron chi connectivity index (χ1n) is 8.72. The van der Waals surface area contributed by atoms with Crippen LogP contribution in [0, 0.1) is 0 Å². The fourth-order valence-corrected chi connectivity index (χ4v) is 3.33. The predicted molar refractivity (Wildman–Crippen MR) is 99.1 cm³/mol. The van der Waals surface area contributed by atoms with Crippen molar-refractivity contribution < 1.29 is 14.3 Å². The van der Waals surface area contributed by atoms with E-state index in [0.29, 0.717) is 48.2 Å². The number of aliphatic hydroxyl groups excluding tert-OH is 1. The van der Waals surface area contributed by atoms with Crippen molar-refractivity contribution in [2.45, 2.75) is 18.9 Å². The molecule has 5 heteroatoms. The van der Waals surface area contributed by atoms with Crippen LogP contribution in [0.25, 0.3) is 22.1 Å². The van der Waals surface area contributed by atoms with Crippen molar-refractivity contribution in [3.05, 3.63) is 70.6 Å². The third-order valence-electron chi connectivity index (χ3n) is 4.81. The van der Waals surface area contributed by atoms with Crippen molar-refractivity contribution in [1.82, 2.24) is 4.90 Å². The summed E-state index contributed by atoms with van der Waals surface area (Å²) >= 11 is 0. The maximum atomic E-state index is 12.7. The third-order valence-corrected chi connectivity index (χ3v) is 4.81. The molecule has 1 aliphatic heterocycles. The molecule has 0 unspecified atom stereocenters. The highest BCUT2D eigenvalue weighted by Gasteiger charge is 2.22. The van der Waals surface area contributed by atoms with Crippen molar-refractivity contribution in [2.24, 2.45) is 0 Å². The summed E-state index contributed by atoms with van der Waals surface area (Å²) in [6, 6.07) is 16.2. The monoisotopic (exact) mass is 349 g/mol. The number of rotatable bonds is 2. The highest BCUT2D eigenvalue weighted by Crippen LogP contribution is 2.23. The van der Waals surface area contributed by atoms with Gasteiger partial charge in [0.05, 0.1) is 11.7 Å². The molecule has 0 saturated carbocycles.